The zero-order valence-electron chi connectivity index (χ0n) is 12.2. The lowest BCUT2D eigenvalue weighted by molar-refractivity contribution is -0.138. The number of hydrogen-bond donors (Lipinski definition) is 3. The summed E-state index contributed by atoms with van der Waals surface area (Å²) < 4.78 is 26.3. The minimum absolute atomic E-state index is 0.0889. The van der Waals surface area contributed by atoms with Gasteiger partial charge in [0.2, 0.25) is 10.0 Å². The average Bonchev–Trinajstić information content (AvgIpc) is 2.45. The van der Waals surface area contributed by atoms with Gasteiger partial charge in [-0.1, -0.05) is 34.5 Å². The molecule has 0 radical (unpaired) electrons. The van der Waals surface area contributed by atoms with Crippen LogP contribution in [-0.4, -0.2) is 36.6 Å². The predicted molar refractivity (Wildman–Crippen MR) is 90.8 cm³/mol. The highest BCUT2D eigenvalue weighted by atomic mass is 79.9. The molecule has 1 aromatic carbocycles. The summed E-state index contributed by atoms with van der Waals surface area (Å²) in [6.07, 6.45) is 2.63. The second kappa shape index (κ2) is 9.12. The normalized spacial score (nSPS) is 12.8. The molecule has 0 aliphatic heterocycles. The standard InChI is InChI=1S/C14H21BrN2O4S/c15-8-2-1-3-9-22(20,21)17-12-6-4-11(5-7-12)10-13(16)14(18)19/h4-7,13,17H,1-3,8-10,16H2,(H,18,19). The second-order valence-electron chi connectivity index (χ2n) is 5.02. The van der Waals surface area contributed by atoms with E-state index in [1.54, 1.807) is 24.3 Å². The molecule has 0 saturated heterocycles. The van der Waals surface area contributed by atoms with Crippen molar-refractivity contribution in [1.29, 1.82) is 0 Å². The Hall–Kier alpha value is -1.12. The quantitative estimate of drug-likeness (QED) is 0.416. The molecule has 22 heavy (non-hydrogen) atoms. The summed E-state index contributed by atoms with van der Waals surface area (Å²) >= 11 is 3.31. The number of hydrogen-bond acceptors (Lipinski definition) is 4. The molecule has 4 N–H and O–H groups in total. The Kier molecular flexibility index (Phi) is 7.84. The maximum Gasteiger partial charge on any atom is 0.320 e. The first-order chi connectivity index (χ1) is 10.3. The van der Waals surface area contributed by atoms with Crippen LogP contribution >= 0.6 is 15.9 Å². The summed E-state index contributed by atoms with van der Waals surface area (Å²) in [7, 11) is -3.35. The number of benzene rings is 1. The van der Waals surface area contributed by atoms with Crippen LogP contribution in [0.15, 0.2) is 24.3 Å². The van der Waals surface area contributed by atoms with Crippen LogP contribution in [-0.2, 0) is 21.2 Å². The number of anilines is 1. The van der Waals surface area contributed by atoms with E-state index in [-0.39, 0.29) is 12.2 Å². The fourth-order valence-electron chi connectivity index (χ4n) is 1.84. The molecule has 1 unspecified atom stereocenters. The molecule has 0 spiro atoms. The number of aliphatic carboxylic acids is 1. The first kappa shape index (κ1) is 18.9. The number of nitrogens with two attached hydrogens (primary N) is 1. The minimum Gasteiger partial charge on any atom is -0.480 e. The van der Waals surface area contributed by atoms with Gasteiger partial charge in [0.05, 0.1) is 5.75 Å². The smallest absolute Gasteiger partial charge is 0.320 e. The van der Waals surface area contributed by atoms with Gasteiger partial charge in [-0.05, 0) is 37.0 Å². The van der Waals surface area contributed by atoms with Gasteiger partial charge in [0.25, 0.3) is 0 Å². The maximum absolute atomic E-state index is 11.9. The second-order valence-corrected chi connectivity index (χ2v) is 7.65. The third-order valence-electron chi connectivity index (χ3n) is 3.05. The molecule has 0 amide bonds. The van der Waals surface area contributed by atoms with Crippen LogP contribution in [0.5, 0.6) is 0 Å². The lowest BCUT2D eigenvalue weighted by Gasteiger charge is -2.10. The molecule has 8 heteroatoms. The third kappa shape index (κ3) is 7.24. The number of carbonyl (C=O) groups is 1. The SMILES string of the molecule is NC(Cc1ccc(NS(=O)(=O)CCCCCBr)cc1)C(=O)O. The van der Waals surface area contributed by atoms with Crippen LogP contribution in [0.4, 0.5) is 5.69 Å². The molecule has 1 rings (SSSR count). The van der Waals surface area contributed by atoms with Gasteiger partial charge in [-0.25, -0.2) is 8.42 Å². The number of halogens is 1. The van der Waals surface area contributed by atoms with Crippen molar-refractivity contribution in [2.45, 2.75) is 31.7 Å². The fraction of sp³-hybridized carbons (Fsp3) is 0.500. The molecule has 124 valence electrons. The molecule has 0 aliphatic rings. The topological polar surface area (TPSA) is 109 Å². The molecule has 1 atom stereocenters. The van der Waals surface area contributed by atoms with Crippen LogP contribution in [0.25, 0.3) is 0 Å². The number of sulfonamides is 1. The third-order valence-corrected chi connectivity index (χ3v) is 4.98. The Bertz CT molecular complexity index is 575. The van der Waals surface area contributed by atoms with Crippen molar-refractivity contribution < 1.29 is 18.3 Å². The van der Waals surface area contributed by atoms with E-state index in [0.717, 1.165) is 23.7 Å². The molecule has 0 heterocycles. The number of nitrogens with one attached hydrogen (secondary N) is 1. The summed E-state index contributed by atoms with van der Waals surface area (Å²) in [6.45, 7) is 0. The highest BCUT2D eigenvalue weighted by Gasteiger charge is 2.13. The van der Waals surface area contributed by atoms with E-state index in [9.17, 15) is 13.2 Å². The van der Waals surface area contributed by atoms with Gasteiger partial charge >= 0.3 is 5.97 Å². The summed E-state index contributed by atoms with van der Waals surface area (Å²) in [4.78, 5) is 10.7. The van der Waals surface area contributed by atoms with Gasteiger partial charge in [0.15, 0.2) is 0 Å². The predicted octanol–water partition coefficient (Wildman–Crippen LogP) is 1.95. The molecule has 0 aromatic heterocycles. The van der Waals surface area contributed by atoms with Gasteiger partial charge < -0.3 is 10.8 Å². The highest BCUT2D eigenvalue weighted by Crippen LogP contribution is 2.13. The molecule has 0 fully saturated rings. The minimum atomic E-state index is -3.35. The Morgan fingerprint density at radius 3 is 2.41 bits per heavy atom. The van der Waals surface area contributed by atoms with E-state index in [1.165, 1.54) is 0 Å². The van der Waals surface area contributed by atoms with Crippen LogP contribution in [0, 0.1) is 0 Å². The Labute approximate surface area is 139 Å². The number of unbranched alkanes of at least 4 members (excludes halogenated alkanes) is 2. The summed E-state index contributed by atoms with van der Waals surface area (Å²) in [5, 5.41) is 9.63. The van der Waals surface area contributed by atoms with Crippen molar-refractivity contribution in [2.24, 2.45) is 5.73 Å². The van der Waals surface area contributed by atoms with Crippen molar-refractivity contribution in [1.82, 2.24) is 0 Å². The van der Waals surface area contributed by atoms with Crippen LogP contribution in [0.1, 0.15) is 24.8 Å². The first-order valence-electron chi connectivity index (χ1n) is 6.98. The summed E-state index contributed by atoms with van der Waals surface area (Å²) in [6, 6.07) is 5.61. The summed E-state index contributed by atoms with van der Waals surface area (Å²) in [5.41, 5.74) is 6.66. The van der Waals surface area contributed by atoms with E-state index in [2.05, 4.69) is 20.7 Å². The maximum atomic E-state index is 11.9. The van der Waals surface area contributed by atoms with Gasteiger partial charge in [-0.15, -0.1) is 0 Å². The first-order valence-corrected chi connectivity index (χ1v) is 9.75. The summed E-state index contributed by atoms with van der Waals surface area (Å²) in [5.74, 6) is -0.973. The highest BCUT2D eigenvalue weighted by molar-refractivity contribution is 9.09. The van der Waals surface area contributed by atoms with Crippen molar-refractivity contribution in [3.05, 3.63) is 29.8 Å². The van der Waals surface area contributed by atoms with Crippen molar-refractivity contribution in [3.8, 4) is 0 Å². The fourth-order valence-corrected chi connectivity index (χ4v) is 3.42. The largest absolute Gasteiger partial charge is 0.480 e. The molecule has 0 saturated carbocycles. The van der Waals surface area contributed by atoms with Crippen molar-refractivity contribution in [3.63, 3.8) is 0 Å². The van der Waals surface area contributed by atoms with E-state index in [4.69, 9.17) is 10.8 Å². The molecular weight excluding hydrogens is 372 g/mol. The van der Waals surface area contributed by atoms with Crippen molar-refractivity contribution >= 4 is 37.6 Å². The molecule has 0 bridgehead atoms. The number of alkyl halides is 1. The van der Waals surface area contributed by atoms with E-state index in [1.807, 2.05) is 0 Å². The monoisotopic (exact) mass is 392 g/mol. The zero-order valence-corrected chi connectivity index (χ0v) is 14.6. The van der Waals surface area contributed by atoms with Gasteiger partial charge in [0, 0.05) is 11.0 Å². The Balaban J connectivity index is 2.54. The lowest BCUT2D eigenvalue weighted by Crippen LogP contribution is -2.32. The van der Waals surface area contributed by atoms with E-state index >= 15 is 0 Å². The van der Waals surface area contributed by atoms with Crippen LogP contribution < -0.4 is 10.5 Å². The zero-order chi connectivity index (χ0) is 16.6. The van der Waals surface area contributed by atoms with Crippen molar-refractivity contribution in [2.75, 3.05) is 15.8 Å². The molecule has 1 aromatic rings. The number of carboxylic acids is 1. The average molecular weight is 393 g/mol. The molecular formula is C14H21BrN2O4S. The lowest BCUT2D eigenvalue weighted by atomic mass is 10.1. The Morgan fingerprint density at radius 1 is 1.23 bits per heavy atom. The number of carboxylic acid groups (broad SMARTS) is 1. The Morgan fingerprint density at radius 2 is 1.86 bits per heavy atom. The van der Waals surface area contributed by atoms with E-state index < -0.39 is 22.0 Å². The van der Waals surface area contributed by atoms with Gasteiger partial charge in [-0.3, -0.25) is 9.52 Å². The molecule has 0 aliphatic carbocycles. The van der Waals surface area contributed by atoms with Gasteiger partial charge in [0.1, 0.15) is 6.04 Å². The van der Waals surface area contributed by atoms with Gasteiger partial charge in [-0.2, -0.15) is 0 Å². The van der Waals surface area contributed by atoms with Crippen LogP contribution in [0.2, 0.25) is 0 Å². The van der Waals surface area contributed by atoms with Crippen LogP contribution in [0.3, 0.4) is 0 Å². The number of rotatable bonds is 10. The molecule has 6 nitrogen and oxygen atoms in total. The van der Waals surface area contributed by atoms with E-state index in [0.29, 0.717) is 12.1 Å².